The molecule has 6 nitrogen and oxygen atoms in total. The van der Waals surface area contributed by atoms with E-state index in [4.69, 9.17) is 18.6 Å². The fourth-order valence-electron chi connectivity index (χ4n) is 3.67. The van der Waals surface area contributed by atoms with Crippen LogP contribution in [0.5, 0.6) is 17.2 Å². The van der Waals surface area contributed by atoms with E-state index >= 15 is 0 Å². The molecule has 0 aliphatic heterocycles. The molecule has 164 valence electrons. The Morgan fingerprint density at radius 1 is 1.10 bits per heavy atom. The first kappa shape index (κ1) is 22.3. The summed E-state index contributed by atoms with van der Waals surface area (Å²) < 4.78 is 22.4. The van der Waals surface area contributed by atoms with Gasteiger partial charge in [0.15, 0.2) is 11.5 Å². The van der Waals surface area contributed by atoms with Gasteiger partial charge in [0.25, 0.3) is 0 Å². The molecule has 1 amide bonds. The van der Waals surface area contributed by atoms with Crippen LogP contribution in [0.25, 0.3) is 27.7 Å². The third-order valence-electron chi connectivity index (χ3n) is 5.26. The Kier molecular flexibility index (Phi) is 6.90. The highest BCUT2D eigenvalue weighted by Crippen LogP contribution is 2.42. The summed E-state index contributed by atoms with van der Waals surface area (Å²) in [5.74, 6) is 1.88. The highest BCUT2D eigenvalue weighted by atomic mass is 16.5. The molecule has 2 aromatic carbocycles. The van der Waals surface area contributed by atoms with E-state index in [9.17, 15) is 4.79 Å². The summed E-state index contributed by atoms with van der Waals surface area (Å²) in [6, 6.07) is 7.76. The minimum absolute atomic E-state index is 0.119. The summed E-state index contributed by atoms with van der Waals surface area (Å²) in [5, 5.41) is 3.81. The molecule has 0 unspecified atom stereocenters. The molecule has 0 saturated heterocycles. The van der Waals surface area contributed by atoms with Gasteiger partial charge in [0.2, 0.25) is 5.91 Å². The van der Waals surface area contributed by atoms with Gasteiger partial charge < -0.3 is 23.9 Å². The number of benzene rings is 2. The average Bonchev–Trinajstić information content (AvgIpc) is 3.21. The first-order chi connectivity index (χ1) is 14.9. The van der Waals surface area contributed by atoms with Crippen LogP contribution in [0.15, 0.2) is 41.0 Å². The molecule has 0 radical (unpaired) electrons. The molecule has 0 atom stereocenters. The normalized spacial score (nSPS) is 11.5. The maximum Gasteiger partial charge on any atom is 0.244 e. The number of furan rings is 1. The summed E-state index contributed by atoms with van der Waals surface area (Å²) in [5.41, 5.74) is 5.15. The number of ether oxygens (including phenoxy) is 3. The lowest BCUT2D eigenvalue weighted by Crippen LogP contribution is -2.21. The van der Waals surface area contributed by atoms with Crippen molar-refractivity contribution in [2.75, 3.05) is 27.9 Å². The number of hydrogen-bond acceptors (Lipinski definition) is 5. The number of nitrogens with one attached hydrogen (secondary N) is 1. The molecule has 1 aromatic heterocycles. The van der Waals surface area contributed by atoms with Crippen LogP contribution in [0.2, 0.25) is 0 Å². The number of aryl methyl sites for hydroxylation is 1. The van der Waals surface area contributed by atoms with Crippen LogP contribution in [0.1, 0.15) is 31.4 Å². The maximum absolute atomic E-state index is 12.2. The van der Waals surface area contributed by atoms with Crippen molar-refractivity contribution in [1.82, 2.24) is 5.32 Å². The molecular formula is C25H29NO5. The van der Waals surface area contributed by atoms with Crippen LogP contribution in [-0.4, -0.2) is 33.8 Å². The van der Waals surface area contributed by atoms with Gasteiger partial charge in [0.1, 0.15) is 11.3 Å². The zero-order valence-corrected chi connectivity index (χ0v) is 18.9. The fourth-order valence-corrected chi connectivity index (χ4v) is 3.67. The van der Waals surface area contributed by atoms with E-state index in [1.54, 1.807) is 33.7 Å². The molecule has 1 N–H and O–H groups in total. The molecule has 0 aliphatic carbocycles. The van der Waals surface area contributed by atoms with Crippen LogP contribution < -0.4 is 19.5 Å². The van der Waals surface area contributed by atoms with Gasteiger partial charge in [0, 0.05) is 34.7 Å². The highest BCUT2D eigenvalue weighted by Gasteiger charge is 2.19. The van der Waals surface area contributed by atoms with E-state index in [1.165, 1.54) is 0 Å². The summed E-state index contributed by atoms with van der Waals surface area (Å²) in [6.07, 6.45) is 4.22. The lowest BCUT2D eigenvalue weighted by Gasteiger charge is -2.14. The summed E-state index contributed by atoms with van der Waals surface area (Å²) in [6.45, 7) is 6.52. The van der Waals surface area contributed by atoms with Crippen molar-refractivity contribution < 1.29 is 23.4 Å². The number of carbonyl (C=O) groups is 1. The molecule has 3 rings (SSSR count). The predicted molar refractivity (Wildman–Crippen MR) is 123 cm³/mol. The number of hydrogen-bond donors (Lipinski definition) is 1. The molecule has 6 heteroatoms. The molecule has 0 saturated carbocycles. The second-order valence-corrected chi connectivity index (χ2v) is 7.30. The highest BCUT2D eigenvalue weighted by molar-refractivity contribution is 6.01. The Balaban J connectivity index is 2.16. The van der Waals surface area contributed by atoms with E-state index in [2.05, 4.69) is 5.32 Å². The minimum atomic E-state index is -0.119. The molecule has 0 spiro atoms. The first-order valence-corrected chi connectivity index (χ1v) is 10.2. The summed E-state index contributed by atoms with van der Waals surface area (Å²) in [7, 11) is 4.85. The number of carbonyl (C=O) groups excluding carboxylic acids is 1. The van der Waals surface area contributed by atoms with Crippen molar-refractivity contribution in [2.45, 2.75) is 27.2 Å². The zero-order chi connectivity index (χ0) is 22.5. The second-order valence-electron chi connectivity index (χ2n) is 7.30. The van der Waals surface area contributed by atoms with Crippen molar-refractivity contribution in [3.8, 4) is 28.4 Å². The van der Waals surface area contributed by atoms with Gasteiger partial charge in [-0.3, -0.25) is 4.79 Å². The Labute approximate surface area is 182 Å². The van der Waals surface area contributed by atoms with E-state index in [1.807, 2.05) is 45.0 Å². The molecule has 1 heterocycles. The maximum atomic E-state index is 12.2. The van der Waals surface area contributed by atoms with Crippen molar-refractivity contribution in [1.29, 1.82) is 0 Å². The first-order valence-electron chi connectivity index (χ1n) is 10.2. The Morgan fingerprint density at radius 3 is 2.48 bits per heavy atom. The predicted octanol–water partition coefficient (Wildman–Crippen LogP) is 5.36. The van der Waals surface area contributed by atoms with Crippen LogP contribution in [0, 0.1) is 6.92 Å². The van der Waals surface area contributed by atoms with Gasteiger partial charge in [-0.15, -0.1) is 0 Å². The van der Waals surface area contributed by atoms with Gasteiger partial charge in [0.05, 0.1) is 27.6 Å². The monoisotopic (exact) mass is 423 g/mol. The number of methoxy groups -OCH3 is 3. The molecule has 0 fully saturated rings. The van der Waals surface area contributed by atoms with E-state index in [-0.39, 0.29) is 5.91 Å². The number of fused-ring (bicyclic) bond motifs is 1. The summed E-state index contributed by atoms with van der Waals surface area (Å²) in [4.78, 5) is 12.2. The van der Waals surface area contributed by atoms with Crippen molar-refractivity contribution in [3.05, 3.63) is 47.7 Å². The second kappa shape index (κ2) is 9.60. The van der Waals surface area contributed by atoms with Crippen molar-refractivity contribution in [2.24, 2.45) is 0 Å². The number of allylic oxidation sites excluding steroid dienone is 1. The van der Waals surface area contributed by atoms with Gasteiger partial charge >= 0.3 is 0 Å². The number of amides is 1. The molecule has 0 aliphatic rings. The smallest absolute Gasteiger partial charge is 0.244 e. The van der Waals surface area contributed by atoms with Crippen molar-refractivity contribution in [3.63, 3.8) is 0 Å². The molecule has 0 bridgehead atoms. The lowest BCUT2D eigenvalue weighted by molar-refractivity contribution is -0.116. The third kappa shape index (κ3) is 4.38. The van der Waals surface area contributed by atoms with Crippen molar-refractivity contribution >= 4 is 22.4 Å². The number of rotatable bonds is 8. The average molecular weight is 424 g/mol. The zero-order valence-electron chi connectivity index (χ0n) is 18.9. The Hall–Kier alpha value is -3.41. The fraction of sp³-hybridized carbons (Fsp3) is 0.320. The molecular weight excluding hydrogens is 394 g/mol. The van der Waals surface area contributed by atoms with Crippen LogP contribution in [-0.2, 0) is 4.79 Å². The van der Waals surface area contributed by atoms with Gasteiger partial charge in [-0.1, -0.05) is 13.0 Å². The van der Waals surface area contributed by atoms with Gasteiger partial charge in [-0.05, 0) is 49.6 Å². The molecule has 31 heavy (non-hydrogen) atoms. The SMILES string of the molecule is CCCNC(=O)/C=C(\C)c1cc2c(-c3ccc(OC)c(OC)c3)coc2c(C)c1OC. The van der Waals surface area contributed by atoms with Crippen LogP contribution in [0.3, 0.4) is 0 Å². The Bertz CT molecular complexity index is 1130. The Morgan fingerprint density at radius 2 is 1.84 bits per heavy atom. The largest absolute Gasteiger partial charge is 0.496 e. The van der Waals surface area contributed by atoms with Crippen LogP contribution >= 0.6 is 0 Å². The molecule has 3 aromatic rings. The van der Waals surface area contributed by atoms with E-state index in [0.717, 1.165) is 45.2 Å². The quantitative estimate of drug-likeness (QED) is 0.494. The third-order valence-corrected chi connectivity index (χ3v) is 5.26. The lowest BCUT2D eigenvalue weighted by atomic mass is 9.96. The summed E-state index contributed by atoms with van der Waals surface area (Å²) >= 11 is 0. The topological polar surface area (TPSA) is 69.9 Å². The van der Waals surface area contributed by atoms with Gasteiger partial charge in [-0.25, -0.2) is 0 Å². The standard InChI is InChI=1S/C25H29NO5/c1-7-10-26-23(27)11-15(2)18-13-19-20(14-31-25(19)16(3)24(18)30-6)17-8-9-21(28-4)22(12-17)29-5/h8-9,11-14H,7,10H2,1-6H3,(H,26,27)/b15-11+. The van der Waals surface area contributed by atoms with Crippen LogP contribution in [0.4, 0.5) is 0 Å². The van der Waals surface area contributed by atoms with E-state index < -0.39 is 0 Å². The van der Waals surface area contributed by atoms with E-state index in [0.29, 0.717) is 23.8 Å². The van der Waals surface area contributed by atoms with Gasteiger partial charge in [-0.2, -0.15) is 0 Å². The minimum Gasteiger partial charge on any atom is -0.496 e.